The third kappa shape index (κ3) is 4.19. The average Bonchev–Trinajstić information content (AvgIpc) is 2.85. The molecule has 1 N–H and O–H groups in total. The summed E-state index contributed by atoms with van der Waals surface area (Å²) in [5.41, 5.74) is -0.813. The van der Waals surface area contributed by atoms with E-state index in [0.717, 1.165) is 20.9 Å². The Balaban J connectivity index is 0.00000200. The fourth-order valence-corrected chi connectivity index (χ4v) is 2.37. The zero-order valence-corrected chi connectivity index (χ0v) is 12.0. The Morgan fingerprint density at radius 2 is 2.00 bits per heavy atom. The smallest absolute Gasteiger partial charge is 0.308 e. The molecule has 0 spiro atoms. The molecule has 0 saturated carbocycles. The standard InChI is InChI=1S/C11H11F4N3S.ClH/c1-18-6-7(10(17-18)11(13,14)15)4-16-5-8-2-3-9(12)19-8;/h2-3,6,16H,4-5H2,1H3;1H. The number of hydrogen-bond donors (Lipinski definition) is 1. The highest BCUT2D eigenvalue weighted by Gasteiger charge is 2.36. The molecular formula is C11H12ClF4N3S. The summed E-state index contributed by atoms with van der Waals surface area (Å²) in [5.74, 6) is 0. The van der Waals surface area contributed by atoms with Crippen molar-refractivity contribution in [2.45, 2.75) is 19.3 Å². The molecule has 0 aliphatic carbocycles. The van der Waals surface area contributed by atoms with Gasteiger partial charge in [-0.3, -0.25) is 4.68 Å². The number of rotatable bonds is 4. The summed E-state index contributed by atoms with van der Waals surface area (Å²) in [6, 6.07) is 2.92. The number of nitrogens with one attached hydrogen (secondary N) is 1. The minimum atomic E-state index is -4.46. The number of alkyl halides is 3. The molecule has 0 radical (unpaired) electrons. The molecule has 112 valence electrons. The highest BCUT2D eigenvalue weighted by atomic mass is 35.5. The van der Waals surface area contributed by atoms with Crippen LogP contribution in [0.25, 0.3) is 0 Å². The normalized spacial score (nSPS) is 11.4. The Labute approximate surface area is 123 Å². The van der Waals surface area contributed by atoms with Crippen LogP contribution in [0, 0.1) is 5.13 Å². The molecule has 0 fully saturated rings. The first-order valence-electron chi connectivity index (χ1n) is 5.41. The Morgan fingerprint density at radius 1 is 1.30 bits per heavy atom. The lowest BCUT2D eigenvalue weighted by molar-refractivity contribution is -0.142. The van der Waals surface area contributed by atoms with E-state index in [-0.39, 0.29) is 29.6 Å². The van der Waals surface area contributed by atoms with Crippen molar-refractivity contribution in [1.82, 2.24) is 15.1 Å². The third-order valence-corrected chi connectivity index (χ3v) is 3.29. The molecule has 0 aliphatic heterocycles. The monoisotopic (exact) mass is 329 g/mol. The van der Waals surface area contributed by atoms with Crippen molar-refractivity contribution in [3.63, 3.8) is 0 Å². The quantitative estimate of drug-likeness (QED) is 0.872. The van der Waals surface area contributed by atoms with Gasteiger partial charge in [0.25, 0.3) is 0 Å². The van der Waals surface area contributed by atoms with Crippen LogP contribution in [0.2, 0.25) is 0 Å². The molecular weight excluding hydrogens is 318 g/mol. The molecule has 0 atom stereocenters. The van der Waals surface area contributed by atoms with Gasteiger partial charge >= 0.3 is 6.18 Å². The molecule has 0 aromatic carbocycles. The van der Waals surface area contributed by atoms with E-state index in [1.54, 1.807) is 6.07 Å². The van der Waals surface area contributed by atoms with Gasteiger partial charge in [-0.1, -0.05) is 0 Å². The third-order valence-electron chi connectivity index (χ3n) is 2.42. The minimum Gasteiger partial charge on any atom is -0.308 e. The number of aromatic nitrogens is 2. The zero-order valence-electron chi connectivity index (χ0n) is 10.4. The summed E-state index contributed by atoms with van der Waals surface area (Å²) in [5, 5.41) is 5.94. The van der Waals surface area contributed by atoms with E-state index >= 15 is 0 Å². The second kappa shape index (κ2) is 6.55. The summed E-state index contributed by atoms with van der Waals surface area (Å²) in [4.78, 5) is 0.731. The van der Waals surface area contributed by atoms with Crippen LogP contribution in [-0.2, 0) is 26.3 Å². The molecule has 0 aliphatic rings. The summed E-state index contributed by atoms with van der Waals surface area (Å²) in [7, 11) is 1.44. The van der Waals surface area contributed by atoms with Crippen molar-refractivity contribution in [2.24, 2.45) is 7.05 Å². The largest absolute Gasteiger partial charge is 0.435 e. The first-order valence-corrected chi connectivity index (χ1v) is 6.22. The maximum Gasteiger partial charge on any atom is 0.435 e. The van der Waals surface area contributed by atoms with Gasteiger partial charge in [0, 0.05) is 36.8 Å². The predicted octanol–water partition coefficient (Wildman–Crippen LogP) is 3.35. The van der Waals surface area contributed by atoms with Gasteiger partial charge in [-0.25, -0.2) is 0 Å². The van der Waals surface area contributed by atoms with Crippen molar-refractivity contribution in [3.05, 3.63) is 39.6 Å². The molecule has 2 rings (SSSR count). The molecule has 20 heavy (non-hydrogen) atoms. The number of hydrogen-bond acceptors (Lipinski definition) is 3. The van der Waals surface area contributed by atoms with Crippen molar-refractivity contribution >= 4 is 23.7 Å². The van der Waals surface area contributed by atoms with Crippen LogP contribution in [0.5, 0.6) is 0 Å². The van der Waals surface area contributed by atoms with Gasteiger partial charge < -0.3 is 5.32 Å². The summed E-state index contributed by atoms with van der Waals surface area (Å²) >= 11 is 0.966. The molecule has 0 saturated heterocycles. The highest BCUT2D eigenvalue weighted by Crippen LogP contribution is 2.30. The Kier molecular flexibility index (Phi) is 5.55. The van der Waals surface area contributed by atoms with Crippen LogP contribution in [0.4, 0.5) is 17.6 Å². The molecule has 2 aromatic heterocycles. The van der Waals surface area contributed by atoms with Crippen molar-refractivity contribution in [3.8, 4) is 0 Å². The van der Waals surface area contributed by atoms with E-state index in [1.807, 2.05) is 0 Å². The minimum absolute atomic E-state index is 0. The molecule has 0 bridgehead atoms. The van der Waals surface area contributed by atoms with Crippen LogP contribution in [0.1, 0.15) is 16.1 Å². The Hall–Kier alpha value is -1.12. The molecule has 9 heteroatoms. The van der Waals surface area contributed by atoms with Gasteiger partial charge in [0.2, 0.25) is 0 Å². The van der Waals surface area contributed by atoms with E-state index in [2.05, 4.69) is 10.4 Å². The fraction of sp³-hybridized carbons (Fsp3) is 0.364. The van der Waals surface area contributed by atoms with Gasteiger partial charge in [-0.15, -0.1) is 23.7 Å². The number of halogens is 5. The highest BCUT2D eigenvalue weighted by molar-refractivity contribution is 7.10. The molecule has 0 unspecified atom stereocenters. The van der Waals surface area contributed by atoms with Gasteiger partial charge in [-0.2, -0.15) is 22.7 Å². The molecule has 0 amide bonds. The van der Waals surface area contributed by atoms with E-state index in [1.165, 1.54) is 19.3 Å². The lowest BCUT2D eigenvalue weighted by Gasteiger charge is -2.06. The summed E-state index contributed by atoms with van der Waals surface area (Å²) in [6.45, 7) is 0.350. The van der Waals surface area contributed by atoms with E-state index in [9.17, 15) is 17.6 Å². The van der Waals surface area contributed by atoms with E-state index < -0.39 is 11.9 Å². The Morgan fingerprint density at radius 3 is 2.55 bits per heavy atom. The zero-order chi connectivity index (χ0) is 14.0. The molecule has 2 heterocycles. The van der Waals surface area contributed by atoms with Crippen LogP contribution in [-0.4, -0.2) is 9.78 Å². The SMILES string of the molecule is Cl.Cn1cc(CNCc2ccc(F)s2)c(C(F)(F)F)n1. The summed E-state index contributed by atoms with van der Waals surface area (Å²) < 4.78 is 51.9. The molecule has 2 aromatic rings. The number of aryl methyl sites for hydroxylation is 1. The first kappa shape index (κ1) is 16.9. The molecule has 3 nitrogen and oxygen atoms in total. The number of nitrogens with zero attached hydrogens (tertiary/aromatic N) is 2. The van der Waals surface area contributed by atoms with Crippen LogP contribution in [0.3, 0.4) is 0 Å². The van der Waals surface area contributed by atoms with Crippen molar-refractivity contribution in [1.29, 1.82) is 0 Å². The maximum absolute atomic E-state index is 12.7. The Bertz CT molecular complexity index is 564. The van der Waals surface area contributed by atoms with Gasteiger partial charge in [0.15, 0.2) is 10.8 Å². The predicted molar refractivity (Wildman–Crippen MR) is 70.3 cm³/mol. The fourth-order valence-electron chi connectivity index (χ4n) is 1.67. The van der Waals surface area contributed by atoms with Gasteiger partial charge in [0.05, 0.1) is 0 Å². The van der Waals surface area contributed by atoms with Crippen LogP contribution < -0.4 is 5.32 Å². The lowest BCUT2D eigenvalue weighted by atomic mass is 10.2. The number of thiophene rings is 1. The lowest BCUT2D eigenvalue weighted by Crippen LogP contribution is -2.16. The first-order chi connectivity index (χ1) is 8.86. The topological polar surface area (TPSA) is 29.9 Å². The van der Waals surface area contributed by atoms with Gasteiger partial charge in [0.1, 0.15) is 0 Å². The second-order valence-electron chi connectivity index (χ2n) is 3.98. The average molecular weight is 330 g/mol. The van der Waals surface area contributed by atoms with Crippen LogP contribution in [0.15, 0.2) is 18.3 Å². The second-order valence-corrected chi connectivity index (χ2v) is 5.10. The van der Waals surface area contributed by atoms with Gasteiger partial charge in [-0.05, 0) is 12.1 Å². The van der Waals surface area contributed by atoms with E-state index in [4.69, 9.17) is 0 Å². The van der Waals surface area contributed by atoms with Crippen LogP contribution >= 0.6 is 23.7 Å². The van der Waals surface area contributed by atoms with Crippen molar-refractivity contribution in [2.75, 3.05) is 0 Å². The van der Waals surface area contributed by atoms with E-state index in [0.29, 0.717) is 6.54 Å². The maximum atomic E-state index is 12.7. The van der Waals surface area contributed by atoms with Crippen molar-refractivity contribution < 1.29 is 17.6 Å². The summed E-state index contributed by atoms with van der Waals surface area (Å²) in [6.07, 6.45) is -3.14.